The van der Waals surface area contributed by atoms with Crippen molar-refractivity contribution in [2.75, 3.05) is 6.61 Å². The van der Waals surface area contributed by atoms with Crippen molar-refractivity contribution in [2.24, 2.45) is 0 Å². The maximum atomic E-state index is 11.8. The Hall–Kier alpha value is -1.85. The van der Waals surface area contributed by atoms with Crippen LogP contribution < -0.4 is 10.1 Å². The number of amides is 1. The Bertz CT molecular complexity index is 674. The van der Waals surface area contributed by atoms with Crippen LogP contribution in [0.4, 0.5) is 0 Å². The van der Waals surface area contributed by atoms with Crippen molar-refractivity contribution in [3.05, 3.63) is 63.1 Å². The number of halogens is 2. The highest BCUT2D eigenvalue weighted by Crippen LogP contribution is 2.21. The Morgan fingerprint density at radius 3 is 2.64 bits per heavy atom. The highest BCUT2D eigenvalue weighted by atomic mass is 79.9. The minimum absolute atomic E-state index is 0.157. The first kappa shape index (κ1) is 16.5. The van der Waals surface area contributed by atoms with Crippen LogP contribution in [-0.4, -0.2) is 18.8 Å². The molecule has 1 amide bonds. The highest BCUT2D eigenvalue weighted by molar-refractivity contribution is 9.10. The van der Waals surface area contributed by atoms with Crippen molar-refractivity contribution in [2.45, 2.75) is 6.54 Å². The van der Waals surface area contributed by atoms with Gasteiger partial charge in [-0.05, 0) is 35.9 Å². The summed E-state index contributed by atoms with van der Waals surface area (Å²) in [4.78, 5) is 22.7. The van der Waals surface area contributed by atoms with Crippen molar-refractivity contribution in [1.29, 1.82) is 0 Å². The lowest BCUT2D eigenvalue weighted by Crippen LogP contribution is -2.28. The molecule has 0 unspecified atom stereocenters. The third-order valence-electron chi connectivity index (χ3n) is 2.86. The predicted octanol–water partition coefficient (Wildman–Crippen LogP) is 3.61. The summed E-state index contributed by atoms with van der Waals surface area (Å²) in [5.74, 6) is 0.106. The van der Waals surface area contributed by atoms with E-state index >= 15 is 0 Å². The van der Waals surface area contributed by atoms with E-state index in [1.165, 1.54) is 0 Å². The van der Waals surface area contributed by atoms with E-state index in [0.29, 0.717) is 29.2 Å². The lowest BCUT2D eigenvalue weighted by Gasteiger charge is -2.09. The van der Waals surface area contributed by atoms with Gasteiger partial charge in [-0.2, -0.15) is 0 Å². The summed E-state index contributed by atoms with van der Waals surface area (Å²) in [7, 11) is 0. The molecule has 114 valence electrons. The molecule has 6 heteroatoms. The average Bonchev–Trinajstić information content (AvgIpc) is 2.53. The lowest BCUT2D eigenvalue weighted by atomic mass is 10.2. The van der Waals surface area contributed by atoms with E-state index in [4.69, 9.17) is 16.3 Å². The second kappa shape index (κ2) is 7.96. The molecule has 0 saturated carbocycles. The van der Waals surface area contributed by atoms with Gasteiger partial charge < -0.3 is 10.1 Å². The summed E-state index contributed by atoms with van der Waals surface area (Å²) in [5, 5.41) is 3.38. The van der Waals surface area contributed by atoms with E-state index < -0.39 is 0 Å². The molecule has 0 bridgehead atoms. The van der Waals surface area contributed by atoms with Crippen molar-refractivity contribution >= 4 is 39.7 Å². The highest BCUT2D eigenvalue weighted by Gasteiger charge is 2.07. The predicted molar refractivity (Wildman–Crippen MR) is 88.3 cm³/mol. The average molecular weight is 383 g/mol. The van der Waals surface area contributed by atoms with E-state index in [-0.39, 0.29) is 12.5 Å². The number of hydrogen-bond acceptors (Lipinski definition) is 3. The molecule has 0 atom stereocenters. The van der Waals surface area contributed by atoms with Crippen LogP contribution in [0.2, 0.25) is 5.02 Å². The molecule has 0 aliphatic carbocycles. The zero-order valence-corrected chi connectivity index (χ0v) is 13.9. The van der Waals surface area contributed by atoms with Crippen LogP contribution >= 0.6 is 27.5 Å². The van der Waals surface area contributed by atoms with Gasteiger partial charge >= 0.3 is 0 Å². The smallest absolute Gasteiger partial charge is 0.258 e. The Balaban J connectivity index is 1.85. The molecule has 0 aromatic heterocycles. The van der Waals surface area contributed by atoms with Gasteiger partial charge in [0, 0.05) is 16.0 Å². The summed E-state index contributed by atoms with van der Waals surface area (Å²) >= 11 is 9.06. The number of ether oxygens (including phenoxy) is 1. The minimum atomic E-state index is -0.269. The number of rotatable bonds is 6. The van der Waals surface area contributed by atoms with E-state index in [1.54, 1.807) is 30.3 Å². The number of carbonyl (C=O) groups excluding carboxylic acids is 2. The summed E-state index contributed by atoms with van der Waals surface area (Å²) in [6, 6.07) is 12.2. The van der Waals surface area contributed by atoms with Gasteiger partial charge in [0.2, 0.25) is 0 Å². The van der Waals surface area contributed by atoms with Crippen molar-refractivity contribution in [1.82, 2.24) is 5.32 Å². The quantitative estimate of drug-likeness (QED) is 0.777. The third kappa shape index (κ3) is 4.86. The maximum absolute atomic E-state index is 11.8. The summed E-state index contributed by atoms with van der Waals surface area (Å²) in [6.45, 7) is 0.232. The van der Waals surface area contributed by atoms with E-state index in [1.807, 2.05) is 12.1 Å². The number of nitrogens with one attached hydrogen (secondary N) is 1. The number of carbonyl (C=O) groups is 2. The molecular weight excluding hydrogens is 370 g/mol. The van der Waals surface area contributed by atoms with Crippen molar-refractivity contribution < 1.29 is 14.3 Å². The van der Waals surface area contributed by atoms with Crippen molar-refractivity contribution in [3.63, 3.8) is 0 Å². The fourth-order valence-corrected chi connectivity index (χ4v) is 2.24. The van der Waals surface area contributed by atoms with Gasteiger partial charge in [-0.25, -0.2) is 0 Å². The van der Waals surface area contributed by atoms with Gasteiger partial charge in [0.05, 0.1) is 5.56 Å². The SMILES string of the molecule is O=Cc1cc(Br)ccc1OCC(=O)NCc1ccc(Cl)cc1. The van der Waals surface area contributed by atoms with E-state index in [0.717, 1.165) is 10.0 Å². The van der Waals surface area contributed by atoms with Gasteiger partial charge in [-0.15, -0.1) is 0 Å². The van der Waals surface area contributed by atoms with Crippen LogP contribution in [0.25, 0.3) is 0 Å². The van der Waals surface area contributed by atoms with Gasteiger partial charge in [-0.1, -0.05) is 39.7 Å². The zero-order chi connectivity index (χ0) is 15.9. The normalized spacial score (nSPS) is 10.1. The van der Waals surface area contributed by atoms with Gasteiger partial charge in [0.15, 0.2) is 12.9 Å². The minimum Gasteiger partial charge on any atom is -0.483 e. The molecule has 0 spiro atoms. The number of benzene rings is 2. The van der Waals surface area contributed by atoms with Crippen LogP contribution in [0.3, 0.4) is 0 Å². The Morgan fingerprint density at radius 2 is 1.95 bits per heavy atom. The Morgan fingerprint density at radius 1 is 1.23 bits per heavy atom. The standard InChI is InChI=1S/C16H13BrClNO3/c17-13-3-6-15(12(7-13)9-20)22-10-16(21)19-8-11-1-4-14(18)5-2-11/h1-7,9H,8,10H2,(H,19,21). The number of hydrogen-bond donors (Lipinski definition) is 1. The molecule has 22 heavy (non-hydrogen) atoms. The number of aldehydes is 1. The first-order valence-electron chi connectivity index (χ1n) is 6.47. The Kier molecular flexibility index (Phi) is 5.98. The molecule has 2 rings (SSSR count). The largest absolute Gasteiger partial charge is 0.483 e. The van der Waals surface area contributed by atoms with Crippen LogP contribution in [0.1, 0.15) is 15.9 Å². The van der Waals surface area contributed by atoms with Gasteiger partial charge in [-0.3, -0.25) is 9.59 Å². The molecule has 0 fully saturated rings. The molecule has 2 aromatic carbocycles. The lowest BCUT2D eigenvalue weighted by molar-refractivity contribution is -0.123. The second-order valence-electron chi connectivity index (χ2n) is 4.49. The van der Waals surface area contributed by atoms with Crippen LogP contribution in [-0.2, 0) is 11.3 Å². The molecule has 4 nitrogen and oxygen atoms in total. The van der Waals surface area contributed by atoms with E-state index in [9.17, 15) is 9.59 Å². The summed E-state index contributed by atoms with van der Waals surface area (Å²) in [6.07, 6.45) is 0.686. The molecular formula is C16H13BrClNO3. The monoisotopic (exact) mass is 381 g/mol. The zero-order valence-electron chi connectivity index (χ0n) is 11.5. The first-order chi connectivity index (χ1) is 10.6. The first-order valence-corrected chi connectivity index (χ1v) is 7.64. The molecule has 0 radical (unpaired) electrons. The summed E-state index contributed by atoms with van der Waals surface area (Å²) < 4.78 is 6.14. The van der Waals surface area contributed by atoms with Crippen LogP contribution in [0.5, 0.6) is 5.75 Å². The van der Waals surface area contributed by atoms with E-state index in [2.05, 4.69) is 21.2 Å². The molecule has 0 saturated heterocycles. The third-order valence-corrected chi connectivity index (χ3v) is 3.61. The van der Waals surface area contributed by atoms with Crippen molar-refractivity contribution in [3.8, 4) is 5.75 Å². The molecule has 2 aromatic rings. The second-order valence-corrected chi connectivity index (χ2v) is 5.84. The van der Waals surface area contributed by atoms with Crippen LogP contribution in [0, 0.1) is 0 Å². The molecule has 1 N–H and O–H groups in total. The Labute approximate surface area is 141 Å². The molecule has 0 heterocycles. The van der Waals surface area contributed by atoms with Gasteiger partial charge in [0.1, 0.15) is 5.75 Å². The molecule has 0 aliphatic rings. The molecule has 0 aliphatic heterocycles. The fourth-order valence-electron chi connectivity index (χ4n) is 1.74. The summed E-state index contributed by atoms with van der Waals surface area (Å²) in [5.41, 5.74) is 1.33. The van der Waals surface area contributed by atoms with Crippen LogP contribution in [0.15, 0.2) is 46.9 Å². The topological polar surface area (TPSA) is 55.4 Å². The van der Waals surface area contributed by atoms with Gasteiger partial charge in [0.25, 0.3) is 5.91 Å². The maximum Gasteiger partial charge on any atom is 0.258 e. The fraction of sp³-hybridized carbons (Fsp3) is 0.125.